The maximum Gasteiger partial charge on any atom is 0.332 e. The first-order valence-electron chi connectivity index (χ1n) is 11.7. The summed E-state index contributed by atoms with van der Waals surface area (Å²) in [7, 11) is 2.79. The van der Waals surface area contributed by atoms with E-state index in [1.54, 1.807) is 19.1 Å². The number of benzene rings is 1. The molecule has 1 aromatic carbocycles. The maximum absolute atomic E-state index is 13.5. The van der Waals surface area contributed by atoms with Crippen molar-refractivity contribution in [1.29, 1.82) is 0 Å². The fourth-order valence-electron chi connectivity index (χ4n) is 5.71. The van der Waals surface area contributed by atoms with Gasteiger partial charge >= 0.3 is 11.7 Å². The lowest BCUT2D eigenvalue weighted by molar-refractivity contribution is -0.159. The molecule has 3 aliphatic heterocycles. The average Bonchev–Trinajstić information content (AvgIpc) is 3.35. The van der Waals surface area contributed by atoms with Gasteiger partial charge in [-0.15, -0.1) is 0 Å². The Hall–Kier alpha value is -4.22. The molecule has 0 radical (unpaired) electrons. The smallest absolute Gasteiger partial charge is 0.332 e. The summed E-state index contributed by atoms with van der Waals surface area (Å²) in [4.78, 5) is 74.0. The molecule has 0 aliphatic carbocycles. The molecular formula is C24H26N6O6. The fourth-order valence-corrected chi connectivity index (χ4v) is 5.71. The minimum absolute atomic E-state index is 0.110. The molecule has 12 nitrogen and oxygen atoms in total. The number of H-pyrrole nitrogens is 1. The molecule has 188 valence electrons. The average molecular weight is 495 g/mol. The van der Waals surface area contributed by atoms with Crippen LogP contribution in [-0.4, -0.2) is 75.2 Å². The lowest BCUT2D eigenvalue weighted by atomic mass is 9.68. The standard InChI is InChI=1S/C24H26N6O6/c1-4-29-19(32)15(18(31)26-22(29)35)12-25-14-7-8-16-13(10-14)11-24(17-6-5-9-30(16)17)20(33)27(2)23(36)28(3)21(24)34/h7-8,10,12,17,32H,4-6,9,11H2,1-3H3,(H,26,31,35)/t17-/m0/s1. The Labute approximate surface area is 205 Å². The van der Waals surface area contributed by atoms with E-state index in [1.807, 2.05) is 6.07 Å². The molecule has 1 aromatic heterocycles. The van der Waals surface area contributed by atoms with Gasteiger partial charge in [-0.3, -0.25) is 38.7 Å². The van der Waals surface area contributed by atoms with Crippen molar-refractivity contribution >= 4 is 35.4 Å². The zero-order valence-corrected chi connectivity index (χ0v) is 20.1. The number of aromatic hydroxyl groups is 1. The number of urea groups is 1. The molecule has 4 heterocycles. The third-order valence-electron chi connectivity index (χ3n) is 7.48. The Morgan fingerprint density at radius 3 is 2.50 bits per heavy atom. The van der Waals surface area contributed by atoms with Crippen LogP contribution < -0.4 is 16.1 Å². The summed E-state index contributed by atoms with van der Waals surface area (Å²) < 4.78 is 1.02. The highest BCUT2D eigenvalue weighted by Crippen LogP contribution is 2.49. The van der Waals surface area contributed by atoms with Crippen molar-refractivity contribution in [2.45, 2.75) is 38.8 Å². The minimum Gasteiger partial charge on any atom is -0.494 e. The van der Waals surface area contributed by atoms with E-state index in [4.69, 9.17) is 0 Å². The molecular weight excluding hydrogens is 468 g/mol. The van der Waals surface area contributed by atoms with Gasteiger partial charge in [0.2, 0.25) is 17.7 Å². The van der Waals surface area contributed by atoms with E-state index in [0.717, 1.165) is 32.0 Å². The maximum atomic E-state index is 13.5. The zero-order valence-electron chi connectivity index (χ0n) is 20.1. The highest BCUT2D eigenvalue weighted by atomic mass is 16.3. The van der Waals surface area contributed by atoms with Crippen LogP contribution in [0.3, 0.4) is 0 Å². The molecule has 1 spiro atoms. The first-order chi connectivity index (χ1) is 17.1. The highest BCUT2D eigenvalue weighted by molar-refractivity contribution is 6.20. The van der Waals surface area contributed by atoms with Crippen LogP contribution in [0.25, 0.3) is 0 Å². The van der Waals surface area contributed by atoms with E-state index in [2.05, 4.69) is 14.9 Å². The second kappa shape index (κ2) is 8.18. The Bertz CT molecular complexity index is 1430. The summed E-state index contributed by atoms with van der Waals surface area (Å²) in [6.07, 6.45) is 2.75. The number of aromatic nitrogens is 2. The first kappa shape index (κ1) is 23.5. The van der Waals surface area contributed by atoms with E-state index in [9.17, 15) is 29.1 Å². The van der Waals surface area contributed by atoms with Gasteiger partial charge < -0.3 is 10.0 Å². The van der Waals surface area contributed by atoms with Crippen molar-refractivity contribution in [2.24, 2.45) is 10.4 Å². The summed E-state index contributed by atoms with van der Waals surface area (Å²) in [6.45, 7) is 2.49. The summed E-state index contributed by atoms with van der Waals surface area (Å²) in [6, 6.07) is 4.34. The minimum atomic E-state index is -1.42. The number of aromatic amines is 1. The Morgan fingerprint density at radius 1 is 1.14 bits per heavy atom. The number of nitrogens with one attached hydrogen (secondary N) is 1. The molecule has 2 N–H and O–H groups in total. The third-order valence-corrected chi connectivity index (χ3v) is 7.48. The van der Waals surface area contributed by atoms with E-state index in [1.165, 1.54) is 20.3 Å². The van der Waals surface area contributed by atoms with Gasteiger partial charge in [0.25, 0.3) is 5.56 Å². The van der Waals surface area contributed by atoms with Gasteiger partial charge in [-0.25, -0.2) is 9.59 Å². The monoisotopic (exact) mass is 494 g/mol. The number of nitrogens with zero attached hydrogens (tertiary/aromatic N) is 5. The molecule has 2 fully saturated rings. The van der Waals surface area contributed by atoms with Crippen LogP contribution in [0.2, 0.25) is 0 Å². The molecule has 0 bridgehead atoms. The number of aliphatic imine (C=N–C) groups is 1. The molecule has 1 atom stereocenters. The number of fused-ring (bicyclic) bond motifs is 4. The largest absolute Gasteiger partial charge is 0.494 e. The normalized spacial score (nSPS) is 21.0. The second-order valence-electron chi connectivity index (χ2n) is 9.32. The van der Waals surface area contributed by atoms with Crippen LogP contribution in [0.15, 0.2) is 32.8 Å². The van der Waals surface area contributed by atoms with Gasteiger partial charge in [0.1, 0.15) is 5.56 Å². The second-order valence-corrected chi connectivity index (χ2v) is 9.32. The van der Waals surface area contributed by atoms with Crippen molar-refractivity contribution in [3.63, 3.8) is 0 Å². The van der Waals surface area contributed by atoms with E-state index in [0.29, 0.717) is 18.7 Å². The van der Waals surface area contributed by atoms with Gasteiger partial charge in [-0.05, 0) is 49.9 Å². The lowest BCUT2D eigenvalue weighted by Crippen LogP contribution is -2.70. The number of hydrogen-bond acceptors (Lipinski definition) is 8. The number of carbonyl (C=O) groups is 3. The van der Waals surface area contributed by atoms with Crippen LogP contribution in [0.4, 0.5) is 16.2 Å². The molecule has 2 saturated heterocycles. The molecule has 3 aliphatic rings. The number of rotatable bonds is 3. The summed E-state index contributed by atoms with van der Waals surface area (Å²) in [5, 5.41) is 10.4. The number of barbiturate groups is 1. The quantitative estimate of drug-likeness (QED) is 0.468. The zero-order chi connectivity index (χ0) is 25.9. The topological polar surface area (TPSA) is 148 Å². The van der Waals surface area contributed by atoms with E-state index in [-0.39, 0.29) is 24.6 Å². The lowest BCUT2D eigenvalue weighted by Gasteiger charge is -2.50. The Morgan fingerprint density at radius 2 is 1.83 bits per heavy atom. The number of carbonyl (C=O) groups excluding carboxylic acids is 3. The number of imide groups is 2. The van der Waals surface area contributed by atoms with Gasteiger partial charge in [-0.2, -0.15) is 0 Å². The van der Waals surface area contributed by atoms with Crippen LogP contribution >= 0.6 is 0 Å². The molecule has 0 saturated carbocycles. The molecule has 36 heavy (non-hydrogen) atoms. The van der Waals surface area contributed by atoms with Crippen LogP contribution in [-0.2, 0) is 22.6 Å². The predicted molar refractivity (Wildman–Crippen MR) is 130 cm³/mol. The molecule has 2 aromatic rings. The predicted octanol–water partition coefficient (Wildman–Crippen LogP) is 0.574. The Balaban J connectivity index is 1.58. The van der Waals surface area contributed by atoms with Crippen LogP contribution in [0.5, 0.6) is 5.88 Å². The molecule has 4 amide bonds. The molecule has 5 rings (SSSR count). The highest BCUT2D eigenvalue weighted by Gasteiger charge is 2.63. The van der Waals surface area contributed by atoms with Crippen molar-refractivity contribution in [2.75, 3.05) is 25.5 Å². The van der Waals surface area contributed by atoms with Crippen molar-refractivity contribution in [3.8, 4) is 5.88 Å². The van der Waals surface area contributed by atoms with E-state index >= 15 is 0 Å². The van der Waals surface area contributed by atoms with Gasteiger partial charge in [0, 0.05) is 39.1 Å². The Kier molecular flexibility index (Phi) is 5.34. The van der Waals surface area contributed by atoms with Crippen LogP contribution in [0.1, 0.15) is 30.9 Å². The summed E-state index contributed by atoms with van der Waals surface area (Å²) in [5.41, 5.74) is -1.02. The van der Waals surface area contributed by atoms with Gasteiger partial charge in [-0.1, -0.05) is 0 Å². The van der Waals surface area contributed by atoms with Crippen molar-refractivity contribution in [3.05, 3.63) is 50.2 Å². The number of amides is 4. The van der Waals surface area contributed by atoms with Gasteiger partial charge in [0.05, 0.1) is 11.7 Å². The number of hydrogen-bond donors (Lipinski definition) is 2. The van der Waals surface area contributed by atoms with E-state index < -0.39 is 40.4 Å². The number of anilines is 1. The molecule has 0 unspecified atom stereocenters. The molecule has 12 heteroatoms. The third kappa shape index (κ3) is 3.13. The summed E-state index contributed by atoms with van der Waals surface area (Å²) in [5.74, 6) is -1.50. The SMILES string of the molecule is CCn1c(O)c(C=Nc2ccc3c(c2)CC2(C(=O)N(C)C(=O)N(C)C2=O)[C@@H]2CCCN32)c(=O)[nH]c1=O. The van der Waals surface area contributed by atoms with Crippen molar-refractivity contribution in [1.82, 2.24) is 19.4 Å². The van der Waals surface area contributed by atoms with Gasteiger partial charge in [0.15, 0.2) is 5.41 Å². The van der Waals surface area contributed by atoms with Crippen LogP contribution in [0, 0.1) is 5.41 Å². The first-order valence-corrected chi connectivity index (χ1v) is 11.7. The summed E-state index contributed by atoms with van der Waals surface area (Å²) >= 11 is 0. The van der Waals surface area contributed by atoms with Crippen molar-refractivity contribution < 1.29 is 19.5 Å². The fraction of sp³-hybridized carbons (Fsp3) is 0.417.